The standard InChI is InChI=1S/C38H36N4O6S2/c1-5-48-29-17-14-25(15-18-29)20-31(40-36(44)26-10-7-6-8-11-26)37(45)39-28-12-9-13-30(22-28)50-24(2)35(43)42-38-41-32(23-49-38)27-16-19-33(46-3)34(21-27)47-4/h6-24H,5H2,1-4H3,(H,39,45)(H,40,44)(H,41,42,43)/b31-20+. The smallest absolute Gasteiger partial charge is 0.272 e. The Morgan fingerprint density at radius 2 is 1.64 bits per heavy atom. The molecule has 3 N–H and O–H groups in total. The molecular weight excluding hydrogens is 673 g/mol. The monoisotopic (exact) mass is 708 g/mol. The molecule has 1 aromatic heterocycles. The minimum atomic E-state index is -0.509. The lowest BCUT2D eigenvalue weighted by atomic mass is 10.1. The minimum Gasteiger partial charge on any atom is -0.494 e. The molecule has 0 bridgehead atoms. The second-order valence-electron chi connectivity index (χ2n) is 10.7. The third kappa shape index (κ3) is 9.52. The molecule has 0 aliphatic carbocycles. The van der Waals surface area contributed by atoms with Crippen LogP contribution in [0.3, 0.4) is 0 Å². The molecule has 5 aromatic rings. The Morgan fingerprint density at radius 3 is 2.36 bits per heavy atom. The van der Waals surface area contributed by atoms with Gasteiger partial charge in [-0.1, -0.05) is 36.4 Å². The van der Waals surface area contributed by atoms with Gasteiger partial charge in [0.1, 0.15) is 11.4 Å². The first-order chi connectivity index (χ1) is 24.3. The number of rotatable bonds is 14. The van der Waals surface area contributed by atoms with E-state index in [1.165, 1.54) is 23.1 Å². The Hall–Kier alpha value is -5.59. The molecule has 0 saturated carbocycles. The number of benzene rings is 4. The molecule has 0 aliphatic rings. The van der Waals surface area contributed by atoms with Crippen LogP contribution in [-0.2, 0) is 9.59 Å². The van der Waals surface area contributed by atoms with Gasteiger partial charge in [-0.2, -0.15) is 0 Å². The predicted molar refractivity (Wildman–Crippen MR) is 199 cm³/mol. The molecule has 0 radical (unpaired) electrons. The topological polar surface area (TPSA) is 128 Å². The summed E-state index contributed by atoms with van der Waals surface area (Å²) >= 11 is 2.66. The SMILES string of the molecule is CCOc1ccc(/C=C(/NC(=O)c2ccccc2)C(=O)Nc2cccc(SC(C)C(=O)Nc3nc(-c4ccc(OC)c(OC)c4)cs3)c2)cc1. The normalized spacial score (nSPS) is 11.6. The molecule has 0 aliphatic heterocycles. The van der Waals surface area contributed by atoms with Crippen LogP contribution in [0.15, 0.2) is 113 Å². The van der Waals surface area contributed by atoms with Crippen molar-refractivity contribution in [2.75, 3.05) is 31.5 Å². The number of hydrogen-bond donors (Lipinski definition) is 3. The summed E-state index contributed by atoms with van der Waals surface area (Å²) in [5, 5.41) is 10.4. The number of ether oxygens (including phenoxy) is 3. The van der Waals surface area contributed by atoms with Crippen molar-refractivity contribution in [1.82, 2.24) is 10.3 Å². The summed E-state index contributed by atoms with van der Waals surface area (Å²) in [7, 11) is 3.15. The van der Waals surface area contributed by atoms with Crippen LogP contribution in [0.2, 0.25) is 0 Å². The quantitative estimate of drug-likeness (QED) is 0.0790. The van der Waals surface area contributed by atoms with Gasteiger partial charge < -0.3 is 30.2 Å². The average molecular weight is 709 g/mol. The zero-order chi connectivity index (χ0) is 35.5. The summed E-state index contributed by atoms with van der Waals surface area (Å²) < 4.78 is 16.2. The van der Waals surface area contributed by atoms with Gasteiger partial charge in [0.05, 0.1) is 31.8 Å². The van der Waals surface area contributed by atoms with E-state index < -0.39 is 17.1 Å². The molecule has 0 fully saturated rings. The molecular formula is C38H36N4O6S2. The van der Waals surface area contributed by atoms with E-state index in [2.05, 4.69) is 20.9 Å². The number of carbonyl (C=O) groups excluding carboxylic acids is 3. The van der Waals surface area contributed by atoms with Gasteiger partial charge in [0, 0.05) is 27.1 Å². The minimum absolute atomic E-state index is 0.0599. The molecule has 1 atom stereocenters. The first-order valence-electron chi connectivity index (χ1n) is 15.6. The number of nitrogens with one attached hydrogen (secondary N) is 3. The zero-order valence-corrected chi connectivity index (χ0v) is 29.5. The fourth-order valence-electron chi connectivity index (χ4n) is 4.71. The number of nitrogens with zero attached hydrogens (tertiary/aromatic N) is 1. The summed E-state index contributed by atoms with van der Waals surface area (Å²) in [6.07, 6.45) is 1.60. The Labute approximate surface area is 298 Å². The van der Waals surface area contributed by atoms with Crippen LogP contribution in [0.5, 0.6) is 17.2 Å². The molecule has 3 amide bonds. The van der Waals surface area contributed by atoms with Crippen molar-refractivity contribution in [3.8, 4) is 28.5 Å². The van der Waals surface area contributed by atoms with Gasteiger partial charge in [-0.3, -0.25) is 14.4 Å². The van der Waals surface area contributed by atoms with E-state index in [9.17, 15) is 14.4 Å². The Bertz CT molecular complexity index is 1980. The lowest BCUT2D eigenvalue weighted by molar-refractivity contribution is -0.115. The lowest BCUT2D eigenvalue weighted by Gasteiger charge is -2.14. The van der Waals surface area contributed by atoms with Gasteiger partial charge in [-0.05, 0) is 86.2 Å². The second kappa shape index (κ2) is 17.2. The molecule has 0 spiro atoms. The van der Waals surface area contributed by atoms with Crippen LogP contribution >= 0.6 is 23.1 Å². The van der Waals surface area contributed by atoms with Crippen LogP contribution in [0.4, 0.5) is 10.8 Å². The summed E-state index contributed by atoms with van der Waals surface area (Å²) in [5.41, 5.74) is 3.21. The van der Waals surface area contributed by atoms with Gasteiger partial charge >= 0.3 is 0 Å². The number of aromatic nitrogens is 1. The van der Waals surface area contributed by atoms with Crippen LogP contribution in [0, 0.1) is 0 Å². The van der Waals surface area contributed by atoms with Crippen molar-refractivity contribution in [3.05, 3.63) is 119 Å². The van der Waals surface area contributed by atoms with E-state index in [1.54, 1.807) is 100 Å². The molecule has 4 aromatic carbocycles. The van der Waals surface area contributed by atoms with Gasteiger partial charge in [-0.25, -0.2) is 4.98 Å². The number of methoxy groups -OCH3 is 2. The molecule has 1 heterocycles. The van der Waals surface area contributed by atoms with Gasteiger partial charge in [0.2, 0.25) is 5.91 Å². The zero-order valence-electron chi connectivity index (χ0n) is 27.9. The fraction of sp³-hybridized carbons (Fsp3) is 0.158. The Kier molecular flexibility index (Phi) is 12.3. The van der Waals surface area contributed by atoms with E-state index in [4.69, 9.17) is 14.2 Å². The van der Waals surface area contributed by atoms with E-state index in [0.717, 1.165) is 10.5 Å². The van der Waals surface area contributed by atoms with E-state index >= 15 is 0 Å². The van der Waals surface area contributed by atoms with Crippen LogP contribution in [0.1, 0.15) is 29.8 Å². The van der Waals surface area contributed by atoms with Gasteiger partial charge in [0.15, 0.2) is 16.6 Å². The van der Waals surface area contributed by atoms with Crippen LogP contribution < -0.4 is 30.2 Å². The first-order valence-corrected chi connectivity index (χ1v) is 17.4. The van der Waals surface area contributed by atoms with Crippen LogP contribution in [0.25, 0.3) is 17.3 Å². The fourth-order valence-corrected chi connectivity index (χ4v) is 6.35. The maximum absolute atomic E-state index is 13.6. The number of thiazole rings is 1. The van der Waals surface area contributed by atoms with E-state index in [0.29, 0.717) is 51.5 Å². The van der Waals surface area contributed by atoms with Crippen molar-refractivity contribution in [2.45, 2.75) is 24.0 Å². The predicted octanol–water partition coefficient (Wildman–Crippen LogP) is 7.75. The van der Waals surface area contributed by atoms with Crippen molar-refractivity contribution in [2.24, 2.45) is 0 Å². The van der Waals surface area contributed by atoms with Crippen molar-refractivity contribution in [3.63, 3.8) is 0 Å². The van der Waals surface area contributed by atoms with Gasteiger partial charge in [-0.15, -0.1) is 23.1 Å². The highest BCUT2D eigenvalue weighted by Gasteiger charge is 2.19. The van der Waals surface area contributed by atoms with Crippen molar-refractivity contribution < 1.29 is 28.6 Å². The lowest BCUT2D eigenvalue weighted by Crippen LogP contribution is -2.30. The largest absolute Gasteiger partial charge is 0.494 e. The second-order valence-corrected chi connectivity index (χ2v) is 13.0. The maximum Gasteiger partial charge on any atom is 0.272 e. The number of carbonyl (C=O) groups is 3. The Morgan fingerprint density at radius 1 is 0.880 bits per heavy atom. The highest BCUT2D eigenvalue weighted by molar-refractivity contribution is 8.00. The maximum atomic E-state index is 13.6. The number of hydrogen-bond acceptors (Lipinski definition) is 9. The van der Waals surface area contributed by atoms with E-state index in [1.807, 2.05) is 36.6 Å². The molecule has 256 valence electrons. The molecule has 12 heteroatoms. The highest BCUT2D eigenvalue weighted by Crippen LogP contribution is 2.34. The van der Waals surface area contributed by atoms with E-state index in [-0.39, 0.29) is 11.6 Å². The van der Waals surface area contributed by atoms with Crippen LogP contribution in [-0.4, -0.2) is 48.8 Å². The molecule has 10 nitrogen and oxygen atoms in total. The summed E-state index contributed by atoms with van der Waals surface area (Å²) in [6.45, 7) is 4.23. The van der Waals surface area contributed by atoms with Crippen molar-refractivity contribution in [1.29, 1.82) is 0 Å². The third-order valence-corrected chi connectivity index (χ3v) is 9.07. The van der Waals surface area contributed by atoms with Gasteiger partial charge in [0.25, 0.3) is 11.8 Å². The summed E-state index contributed by atoms with van der Waals surface area (Å²) in [6, 6.07) is 28.6. The first kappa shape index (κ1) is 35.7. The van der Waals surface area contributed by atoms with Crippen molar-refractivity contribution >= 4 is 57.7 Å². The molecule has 50 heavy (non-hydrogen) atoms. The number of anilines is 2. The molecule has 0 saturated heterocycles. The summed E-state index contributed by atoms with van der Waals surface area (Å²) in [4.78, 5) is 45.1. The highest BCUT2D eigenvalue weighted by atomic mass is 32.2. The average Bonchev–Trinajstić information content (AvgIpc) is 3.60. The molecule has 1 unspecified atom stereocenters. The Balaban J connectivity index is 1.25. The number of thioether (sulfide) groups is 1. The number of amides is 3. The third-order valence-electron chi connectivity index (χ3n) is 7.22. The summed E-state index contributed by atoms with van der Waals surface area (Å²) in [5.74, 6) is 0.756. The molecule has 5 rings (SSSR count).